The van der Waals surface area contributed by atoms with Crippen molar-refractivity contribution in [3.8, 4) is 11.5 Å². The van der Waals surface area contributed by atoms with Gasteiger partial charge in [0.2, 0.25) is 5.91 Å². The fraction of sp³-hybridized carbons (Fsp3) is 0.533. The molecule has 1 fully saturated rings. The number of carbonyl (C=O) groups excluding carboxylic acids is 1. The third-order valence-corrected chi connectivity index (χ3v) is 3.76. The van der Waals surface area contributed by atoms with Crippen LogP contribution < -0.4 is 14.8 Å². The molecule has 4 heteroatoms. The smallest absolute Gasteiger partial charge is 0.223 e. The van der Waals surface area contributed by atoms with Gasteiger partial charge in [0.05, 0.1) is 19.8 Å². The average Bonchev–Trinajstić information content (AvgIpc) is 3.25. The predicted molar refractivity (Wildman–Crippen MR) is 71.3 cm³/mol. The molecule has 102 valence electrons. The SMILES string of the molecule is COc1ccc2c(c1)OCCCC2NC(=O)C1CC1. The Balaban J connectivity index is 1.83. The quantitative estimate of drug-likeness (QED) is 0.909. The first-order valence-corrected chi connectivity index (χ1v) is 6.89. The Kier molecular flexibility index (Phi) is 3.32. The highest BCUT2D eigenvalue weighted by Gasteiger charge is 2.32. The molecule has 1 aliphatic carbocycles. The van der Waals surface area contributed by atoms with Crippen molar-refractivity contribution in [1.82, 2.24) is 5.32 Å². The minimum absolute atomic E-state index is 0.0662. The summed E-state index contributed by atoms with van der Waals surface area (Å²) >= 11 is 0. The predicted octanol–water partition coefficient (Wildman–Crippen LogP) is 2.44. The van der Waals surface area contributed by atoms with E-state index in [1.54, 1.807) is 7.11 Å². The fourth-order valence-corrected chi connectivity index (χ4v) is 2.46. The molecule has 2 aliphatic rings. The van der Waals surface area contributed by atoms with E-state index in [2.05, 4.69) is 5.32 Å². The molecule has 0 bridgehead atoms. The van der Waals surface area contributed by atoms with Crippen molar-refractivity contribution in [3.05, 3.63) is 23.8 Å². The molecular weight excluding hydrogens is 242 g/mol. The van der Waals surface area contributed by atoms with Crippen LogP contribution in [0.5, 0.6) is 11.5 Å². The van der Waals surface area contributed by atoms with Crippen LogP contribution >= 0.6 is 0 Å². The molecule has 0 spiro atoms. The van der Waals surface area contributed by atoms with Crippen LogP contribution in [0.1, 0.15) is 37.3 Å². The molecule has 0 radical (unpaired) electrons. The number of ether oxygens (including phenoxy) is 2. The molecule has 1 unspecified atom stereocenters. The number of amides is 1. The number of nitrogens with one attached hydrogen (secondary N) is 1. The maximum absolute atomic E-state index is 11.9. The molecule has 1 aromatic rings. The van der Waals surface area contributed by atoms with Gasteiger partial charge >= 0.3 is 0 Å². The van der Waals surface area contributed by atoms with Gasteiger partial charge in [-0.2, -0.15) is 0 Å². The molecule has 4 nitrogen and oxygen atoms in total. The highest BCUT2D eigenvalue weighted by molar-refractivity contribution is 5.81. The molecule has 1 N–H and O–H groups in total. The van der Waals surface area contributed by atoms with Crippen LogP contribution in [0.4, 0.5) is 0 Å². The summed E-state index contributed by atoms with van der Waals surface area (Å²) in [5.41, 5.74) is 1.06. The van der Waals surface area contributed by atoms with Crippen molar-refractivity contribution in [3.63, 3.8) is 0 Å². The fourth-order valence-electron chi connectivity index (χ4n) is 2.46. The van der Waals surface area contributed by atoms with E-state index in [1.165, 1.54) is 0 Å². The molecule has 0 aromatic heterocycles. The average molecular weight is 261 g/mol. The minimum atomic E-state index is 0.0662. The first-order chi connectivity index (χ1) is 9.28. The van der Waals surface area contributed by atoms with E-state index >= 15 is 0 Å². The van der Waals surface area contributed by atoms with E-state index in [9.17, 15) is 4.79 Å². The molecule has 1 aliphatic heterocycles. The van der Waals surface area contributed by atoms with Gasteiger partial charge in [-0.1, -0.05) is 0 Å². The van der Waals surface area contributed by atoms with Gasteiger partial charge in [0.15, 0.2) is 0 Å². The number of hydrogen-bond donors (Lipinski definition) is 1. The van der Waals surface area contributed by atoms with E-state index in [0.29, 0.717) is 6.61 Å². The van der Waals surface area contributed by atoms with Crippen molar-refractivity contribution in [2.45, 2.75) is 31.7 Å². The lowest BCUT2D eigenvalue weighted by molar-refractivity contribution is -0.123. The first kappa shape index (κ1) is 12.3. The normalized spacial score (nSPS) is 21.8. The second-order valence-electron chi connectivity index (χ2n) is 5.23. The molecule has 1 atom stereocenters. The summed E-state index contributed by atoms with van der Waals surface area (Å²) < 4.78 is 11.0. The zero-order chi connectivity index (χ0) is 13.2. The van der Waals surface area contributed by atoms with Crippen LogP contribution in [0.3, 0.4) is 0 Å². The van der Waals surface area contributed by atoms with Crippen LogP contribution in [-0.2, 0) is 4.79 Å². The number of benzene rings is 1. The van der Waals surface area contributed by atoms with Gasteiger partial charge in [-0.15, -0.1) is 0 Å². The zero-order valence-electron chi connectivity index (χ0n) is 11.1. The summed E-state index contributed by atoms with van der Waals surface area (Å²) in [5, 5.41) is 3.15. The Morgan fingerprint density at radius 1 is 1.37 bits per heavy atom. The van der Waals surface area contributed by atoms with Crippen molar-refractivity contribution < 1.29 is 14.3 Å². The second kappa shape index (κ2) is 5.11. The lowest BCUT2D eigenvalue weighted by atomic mass is 10.0. The number of fused-ring (bicyclic) bond motifs is 1. The monoisotopic (exact) mass is 261 g/mol. The molecule has 1 saturated carbocycles. The summed E-state index contributed by atoms with van der Waals surface area (Å²) in [6, 6.07) is 5.88. The number of methoxy groups -OCH3 is 1. The Labute approximate surface area is 113 Å². The van der Waals surface area contributed by atoms with Gasteiger partial charge in [0.1, 0.15) is 11.5 Å². The maximum atomic E-state index is 11.9. The number of rotatable bonds is 3. The third-order valence-electron chi connectivity index (χ3n) is 3.76. The summed E-state index contributed by atoms with van der Waals surface area (Å²) in [4.78, 5) is 11.9. The van der Waals surface area contributed by atoms with Crippen molar-refractivity contribution in [2.24, 2.45) is 5.92 Å². The van der Waals surface area contributed by atoms with E-state index < -0.39 is 0 Å². The summed E-state index contributed by atoms with van der Waals surface area (Å²) in [6.07, 6.45) is 3.94. The molecule has 1 heterocycles. The molecule has 3 rings (SSSR count). The molecular formula is C15H19NO3. The van der Waals surface area contributed by atoms with E-state index in [4.69, 9.17) is 9.47 Å². The Hall–Kier alpha value is -1.71. The van der Waals surface area contributed by atoms with Crippen LogP contribution in [0.2, 0.25) is 0 Å². The minimum Gasteiger partial charge on any atom is -0.497 e. The Bertz CT molecular complexity index is 482. The Morgan fingerprint density at radius 3 is 2.95 bits per heavy atom. The largest absolute Gasteiger partial charge is 0.497 e. The van der Waals surface area contributed by atoms with Crippen LogP contribution in [0.25, 0.3) is 0 Å². The summed E-state index contributed by atoms with van der Waals surface area (Å²) in [5.74, 6) is 2.05. The van der Waals surface area contributed by atoms with Crippen molar-refractivity contribution in [1.29, 1.82) is 0 Å². The molecule has 0 saturated heterocycles. The Morgan fingerprint density at radius 2 is 2.21 bits per heavy atom. The number of hydrogen-bond acceptors (Lipinski definition) is 3. The third kappa shape index (κ3) is 2.67. The van der Waals surface area contributed by atoms with Gasteiger partial charge in [-0.05, 0) is 37.8 Å². The van der Waals surface area contributed by atoms with Gasteiger partial charge in [0, 0.05) is 17.5 Å². The van der Waals surface area contributed by atoms with Gasteiger partial charge in [-0.3, -0.25) is 4.79 Å². The lowest BCUT2D eigenvalue weighted by Gasteiger charge is -2.18. The summed E-state index contributed by atoms with van der Waals surface area (Å²) in [7, 11) is 1.64. The lowest BCUT2D eigenvalue weighted by Crippen LogP contribution is -2.29. The first-order valence-electron chi connectivity index (χ1n) is 6.89. The van der Waals surface area contributed by atoms with Crippen molar-refractivity contribution >= 4 is 5.91 Å². The topological polar surface area (TPSA) is 47.6 Å². The molecule has 1 amide bonds. The van der Waals surface area contributed by atoms with Crippen LogP contribution in [-0.4, -0.2) is 19.6 Å². The van der Waals surface area contributed by atoms with Gasteiger partial charge < -0.3 is 14.8 Å². The van der Waals surface area contributed by atoms with Crippen molar-refractivity contribution in [2.75, 3.05) is 13.7 Å². The van der Waals surface area contributed by atoms with E-state index in [1.807, 2.05) is 18.2 Å². The molecule has 1 aromatic carbocycles. The standard InChI is InChI=1S/C15H19NO3/c1-18-11-6-7-12-13(16-15(17)10-4-5-10)3-2-8-19-14(12)9-11/h6-7,9-10,13H,2-5,8H2,1H3,(H,16,17). The molecule has 19 heavy (non-hydrogen) atoms. The zero-order valence-corrected chi connectivity index (χ0v) is 11.1. The second-order valence-corrected chi connectivity index (χ2v) is 5.23. The maximum Gasteiger partial charge on any atom is 0.223 e. The highest BCUT2D eigenvalue weighted by atomic mass is 16.5. The van der Waals surface area contributed by atoms with Gasteiger partial charge in [-0.25, -0.2) is 0 Å². The van der Waals surface area contributed by atoms with E-state index in [0.717, 1.165) is 42.7 Å². The highest BCUT2D eigenvalue weighted by Crippen LogP contribution is 2.36. The van der Waals surface area contributed by atoms with Gasteiger partial charge in [0.25, 0.3) is 0 Å². The number of carbonyl (C=O) groups is 1. The van der Waals surface area contributed by atoms with Crippen LogP contribution in [0.15, 0.2) is 18.2 Å². The van der Waals surface area contributed by atoms with E-state index in [-0.39, 0.29) is 17.9 Å². The van der Waals surface area contributed by atoms with Crippen LogP contribution in [0, 0.1) is 5.92 Å². The summed E-state index contributed by atoms with van der Waals surface area (Å²) in [6.45, 7) is 0.690.